The van der Waals surface area contributed by atoms with Crippen LogP contribution in [-0.2, 0) is 11.2 Å². The van der Waals surface area contributed by atoms with Crippen LogP contribution in [0.25, 0.3) is 0 Å². The fraction of sp³-hybridized carbons (Fsp3) is 0.409. The second-order valence-corrected chi connectivity index (χ2v) is 7.05. The highest BCUT2D eigenvalue weighted by molar-refractivity contribution is 5.73. The summed E-state index contributed by atoms with van der Waals surface area (Å²) < 4.78 is 6.05. The van der Waals surface area contributed by atoms with E-state index in [9.17, 15) is 4.79 Å². The Morgan fingerprint density at radius 1 is 1.15 bits per heavy atom. The van der Waals surface area contributed by atoms with Crippen molar-refractivity contribution < 1.29 is 9.53 Å². The Morgan fingerprint density at radius 3 is 2.38 bits per heavy atom. The van der Waals surface area contributed by atoms with Gasteiger partial charge < -0.3 is 15.0 Å². The van der Waals surface area contributed by atoms with Crippen LogP contribution in [0.5, 0.6) is 5.75 Å². The monoisotopic (exact) mass is 352 g/mol. The van der Waals surface area contributed by atoms with E-state index >= 15 is 0 Å². The van der Waals surface area contributed by atoms with Gasteiger partial charge in [-0.25, -0.2) is 0 Å². The normalized spacial score (nSPS) is 15.3. The fourth-order valence-corrected chi connectivity index (χ4v) is 3.30. The van der Waals surface area contributed by atoms with E-state index in [-0.39, 0.29) is 18.1 Å². The number of ether oxygens (including phenoxy) is 1. The summed E-state index contributed by atoms with van der Waals surface area (Å²) in [6.07, 6.45) is 2.55. The van der Waals surface area contributed by atoms with Crippen LogP contribution in [-0.4, -0.2) is 25.1 Å². The maximum Gasteiger partial charge on any atom is 0.217 e. The molecular weight excluding hydrogens is 324 g/mol. The molecule has 1 unspecified atom stereocenters. The Morgan fingerprint density at radius 2 is 1.81 bits per heavy atom. The molecule has 2 aromatic carbocycles. The van der Waals surface area contributed by atoms with Crippen LogP contribution in [0.15, 0.2) is 48.5 Å². The van der Waals surface area contributed by atoms with Gasteiger partial charge in [0.25, 0.3) is 0 Å². The number of aryl methyl sites for hydroxylation is 1. The Kier molecular flexibility index (Phi) is 5.82. The summed E-state index contributed by atoms with van der Waals surface area (Å²) >= 11 is 0. The number of hydrogen-bond donors (Lipinski definition) is 1. The summed E-state index contributed by atoms with van der Waals surface area (Å²) in [7, 11) is 0. The van der Waals surface area contributed by atoms with E-state index in [4.69, 9.17) is 4.74 Å². The number of carbonyl (C=O) groups is 1. The largest absolute Gasteiger partial charge is 0.487 e. The maximum absolute atomic E-state index is 11.1. The van der Waals surface area contributed by atoms with Crippen LogP contribution in [0.4, 0.5) is 5.69 Å². The predicted octanol–water partition coefficient (Wildman–Crippen LogP) is 4.10. The summed E-state index contributed by atoms with van der Waals surface area (Å²) in [6.45, 7) is 7.55. The number of rotatable bonds is 7. The molecule has 1 amide bonds. The number of amides is 1. The minimum atomic E-state index is -0.0184. The highest BCUT2D eigenvalue weighted by Gasteiger charge is 2.28. The lowest BCUT2D eigenvalue weighted by molar-refractivity contribution is -0.119. The molecule has 0 aliphatic carbocycles. The van der Waals surface area contributed by atoms with Crippen molar-refractivity contribution in [1.82, 2.24) is 5.32 Å². The van der Waals surface area contributed by atoms with E-state index in [0.717, 1.165) is 30.8 Å². The van der Waals surface area contributed by atoms with E-state index < -0.39 is 0 Å². The average Bonchev–Trinajstić information content (AvgIpc) is 2.59. The SMILES string of the molecule is CCCc1ccc(N2CC(Oc3ccc(C(C)NC(C)=O)cc3)C2)cc1. The molecule has 4 heteroatoms. The van der Waals surface area contributed by atoms with Gasteiger partial charge in [0, 0.05) is 12.6 Å². The van der Waals surface area contributed by atoms with Gasteiger partial charge in [0.1, 0.15) is 11.9 Å². The van der Waals surface area contributed by atoms with Crippen LogP contribution in [0.1, 0.15) is 44.4 Å². The predicted molar refractivity (Wildman–Crippen MR) is 106 cm³/mol. The van der Waals surface area contributed by atoms with Crippen molar-refractivity contribution in [1.29, 1.82) is 0 Å². The van der Waals surface area contributed by atoms with Gasteiger partial charge in [0.2, 0.25) is 5.91 Å². The van der Waals surface area contributed by atoms with Crippen LogP contribution in [0, 0.1) is 0 Å². The topological polar surface area (TPSA) is 41.6 Å². The van der Waals surface area contributed by atoms with Crippen LogP contribution < -0.4 is 15.0 Å². The number of hydrogen-bond acceptors (Lipinski definition) is 3. The molecule has 2 aromatic rings. The number of carbonyl (C=O) groups excluding carboxylic acids is 1. The van der Waals surface area contributed by atoms with E-state index in [1.807, 2.05) is 31.2 Å². The molecule has 1 N–H and O–H groups in total. The molecule has 4 nitrogen and oxygen atoms in total. The maximum atomic E-state index is 11.1. The van der Waals surface area contributed by atoms with Gasteiger partial charge in [-0.05, 0) is 48.7 Å². The number of nitrogens with one attached hydrogen (secondary N) is 1. The van der Waals surface area contributed by atoms with Crippen molar-refractivity contribution >= 4 is 11.6 Å². The first-order valence-corrected chi connectivity index (χ1v) is 9.42. The van der Waals surface area contributed by atoms with Crippen molar-refractivity contribution in [3.05, 3.63) is 59.7 Å². The standard InChI is InChI=1S/C22H28N2O2/c1-4-5-18-6-10-20(11-7-18)24-14-22(15-24)26-21-12-8-19(9-13-21)16(2)23-17(3)25/h6-13,16,22H,4-5,14-15H2,1-3H3,(H,23,25). The minimum absolute atomic E-state index is 0.0106. The molecule has 3 rings (SSSR count). The third-order valence-electron chi connectivity index (χ3n) is 4.79. The fourth-order valence-electron chi connectivity index (χ4n) is 3.30. The van der Waals surface area contributed by atoms with Crippen molar-refractivity contribution in [2.75, 3.05) is 18.0 Å². The summed E-state index contributed by atoms with van der Waals surface area (Å²) in [5, 5.41) is 2.89. The molecule has 1 saturated heterocycles. The van der Waals surface area contributed by atoms with Crippen LogP contribution in [0.3, 0.4) is 0 Å². The molecule has 1 atom stereocenters. The third-order valence-corrected chi connectivity index (χ3v) is 4.79. The molecule has 1 aliphatic heterocycles. The number of nitrogens with zero attached hydrogens (tertiary/aromatic N) is 1. The lowest BCUT2D eigenvalue weighted by atomic mass is 10.1. The van der Waals surface area contributed by atoms with Crippen molar-refractivity contribution in [2.45, 2.75) is 45.8 Å². The Labute approximate surface area is 156 Å². The molecule has 0 bridgehead atoms. The molecule has 0 aromatic heterocycles. The van der Waals surface area contributed by atoms with Crippen LogP contribution in [0.2, 0.25) is 0 Å². The summed E-state index contributed by atoms with van der Waals surface area (Å²) in [5.41, 5.74) is 3.75. The lowest BCUT2D eigenvalue weighted by Gasteiger charge is -2.40. The molecule has 138 valence electrons. The van der Waals surface area contributed by atoms with Gasteiger partial charge in [-0.15, -0.1) is 0 Å². The third kappa shape index (κ3) is 4.57. The van der Waals surface area contributed by atoms with Gasteiger partial charge in [0.15, 0.2) is 0 Å². The average molecular weight is 352 g/mol. The van der Waals surface area contributed by atoms with Gasteiger partial charge in [-0.1, -0.05) is 37.6 Å². The van der Waals surface area contributed by atoms with E-state index in [0.29, 0.717) is 0 Å². The Hall–Kier alpha value is -2.49. The molecule has 0 radical (unpaired) electrons. The highest BCUT2D eigenvalue weighted by atomic mass is 16.5. The van der Waals surface area contributed by atoms with E-state index in [1.54, 1.807) is 0 Å². The number of benzene rings is 2. The highest BCUT2D eigenvalue weighted by Crippen LogP contribution is 2.25. The summed E-state index contributed by atoms with van der Waals surface area (Å²) in [4.78, 5) is 13.5. The quantitative estimate of drug-likeness (QED) is 0.815. The Balaban J connectivity index is 1.48. The smallest absolute Gasteiger partial charge is 0.217 e. The molecule has 0 saturated carbocycles. The number of anilines is 1. The van der Waals surface area contributed by atoms with E-state index in [1.165, 1.54) is 24.6 Å². The first-order valence-electron chi connectivity index (χ1n) is 9.42. The first kappa shape index (κ1) is 18.3. The molecule has 0 spiro atoms. The zero-order valence-corrected chi connectivity index (χ0v) is 15.9. The van der Waals surface area contributed by atoms with E-state index in [2.05, 4.69) is 41.4 Å². The zero-order chi connectivity index (χ0) is 18.5. The molecule has 1 heterocycles. The first-order chi connectivity index (χ1) is 12.5. The molecule has 1 aliphatic rings. The Bertz CT molecular complexity index is 719. The van der Waals surface area contributed by atoms with Gasteiger partial charge in [-0.3, -0.25) is 4.79 Å². The molecular formula is C22H28N2O2. The van der Waals surface area contributed by atoms with Crippen molar-refractivity contribution in [3.8, 4) is 5.75 Å². The van der Waals surface area contributed by atoms with Crippen molar-refractivity contribution in [2.24, 2.45) is 0 Å². The minimum Gasteiger partial charge on any atom is -0.487 e. The van der Waals surface area contributed by atoms with Gasteiger partial charge >= 0.3 is 0 Å². The lowest BCUT2D eigenvalue weighted by Crippen LogP contribution is -2.54. The summed E-state index contributed by atoms with van der Waals surface area (Å²) in [5.74, 6) is 0.863. The van der Waals surface area contributed by atoms with Gasteiger partial charge in [-0.2, -0.15) is 0 Å². The molecule has 26 heavy (non-hydrogen) atoms. The second kappa shape index (κ2) is 8.26. The van der Waals surface area contributed by atoms with Crippen molar-refractivity contribution in [3.63, 3.8) is 0 Å². The summed E-state index contributed by atoms with van der Waals surface area (Å²) in [6, 6.07) is 16.9. The molecule has 1 fully saturated rings. The second-order valence-electron chi connectivity index (χ2n) is 7.05. The van der Waals surface area contributed by atoms with Gasteiger partial charge in [0.05, 0.1) is 19.1 Å². The zero-order valence-electron chi connectivity index (χ0n) is 15.9. The van der Waals surface area contributed by atoms with Crippen LogP contribution >= 0.6 is 0 Å².